The lowest BCUT2D eigenvalue weighted by atomic mass is 10.1. The van der Waals surface area contributed by atoms with Crippen LogP contribution < -0.4 is 10.6 Å². The van der Waals surface area contributed by atoms with E-state index < -0.39 is 17.7 Å². The SMILES string of the molecule is CCCCCCCCC(=O)Nc1ccc(NC(=O)ON=Cc2ccc(F)c(F)c2)cc1. The molecule has 0 aromatic heterocycles. The van der Waals surface area contributed by atoms with E-state index in [0.29, 0.717) is 17.8 Å². The highest BCUT2D eigenvalue weighted by molar-refractivity contribution is 5.91. The number of anilines is 2. The van der Waals surface area contributed by atoms with E-state index in [-0.39, 0.29) is 11.5 Å². The van der Waals surface area contributed by atoms with Crippen LogP contribution in [0.1, 0.15) is 57.4 Å². The first-order valence-electron chi connectivity index (χ1n) is 10.3. The number of hydrogen-bond donors (Lipinski definition) is 2. The summed E-state index contributed by atoms with van der Waals surface area (Å²) in [7, 11) is 0. The van der Waals surface area contributed by atoms with Crippen molar-refractivity contribution >= 4 is 29.6 Å². The van der Waals surface area contributed by atoms with Crippen LogP contribution in [0.4, 0.5) is 25.0 Å². The van der Waals surface area contributed by atoms with Gasteiger partial charge in [-0.3, -0.25) is 14.9 Å². The molecule has 0 heterocycles. The van der Waals surface area contributed by atoms with E-state index in [1.807, 2.05) is 0 Å². The van der Waals surface area contributed by atoms with Gasteiger partial charge in [-0.25, -0.2) is 13.6 Å². The van der Waals surface area contributed by atoms with E-state index in [1.165, 1.54) is 25.3 Å². The summed E-state index contributed by atoms with van der Waals surface area (Å²) in [6.45, 7) is 2.17. The zero-order valence-electron chi connectivity index (χ0n) is 17.5. The molecule has 2 amide bonds. The fourth-order valence-electron chi connectivity index (χ4n) is 2.79. The third-order valence-corrected chi connectivity index (χ3v) is 4.45. The maximum atomic E-state index is 13.1. The topological polar surface area (TPSA) is 79.8 Å². The number of unbranched alkanes of at least 4 members (excludes halogenated alkanes) is 5. The highest BCUT2D eigenvalue weighted by Gasteiger charge is 2.06. The molecule has 2 aromatic rings. The van der Waals surface area contributed by atoms with Gasteiger partial charge in [0.15, 0.2) is 11.6 Å². The first kappa shape index (κ1) is 24.0. The standard InChI is InChI=1S/C23H27F2N3O3/c1-2-3-4-5-6-7-8-22(29)27-18-10-12-19(13-11-18)28-23(30)31-26-16-17-9-14-20(24)21(25)15-17/h9-16H,2-8H2,1H3,(H,27,29)(H,28,30). The van der Waals surface area contributed by atoms with Gasteiger partial charge in [-0.1, -0.05) is 50.2 Å². The van der Waals surface area contributed by atoms with Crippen molar-refractivity contribution in [2.45, 2.75) is 51.9 Å². The Hall–Kier alpha value is -3.29. The van der Waals surface area contributed by atoms with Gasteiger partial charge in [0.1, 0.15) is 0 Å². The van der Waals surface area contributed by atoms with Crippen LogP contribution in [-0.4, -0.2) is 18.2 Å². The number of nitrogens with zero attached hydrogens (tertiary/aromatic N) is 1. The molecule has 8 heteroatoms. The minimum atomic E-state index is -1.02. The molecule has 0 aliphatic carbocycles. The molecule has 0 aliphatic rings. The lowest BCUT2D eigenvalue weighted by molar-refractivity contribution is -0.116. The van der Waals surface area contributed by atoms with Crippen molar-refractivity contribution < 1.29 is 23.2 Å². The van der Waals surface area contributed by atoms with Crippen molar-refractivity contribution in [1.29, 1.82) is 0 Å². The number of carbonyl (C=O) groups excluding carboxylic acids is 2. The fraction of sp³-hybridized carbons (Fsp3) is 0.348. The van der Waals surface area contributed by atoms with Gasteiger partial charge in [0.05, 0.1) is 6.21 Å². The van der Waals surface area contributed by atoms with Gasteiger partial charge in [-0.05, 0) is 48.4 Å². The number of carbonyl (C=O) groups is 2. The van der Waals surface area contributed by atoms with Gasteiger partial charge in [0.25, 0.3) is 0 Å². The Morgan fingerprint density at radius 2 is 1.55 bits per heavy atom. The van der Waals surface area contributed by atoms with E-state index >= 15 is 0 Å². The molecule has 0 radical (unpaired) electrons. The largest absolute Gasteiger partial charge is 0.437 e. The van der Waals surface area contributed by atoms with Crippen LogP contribution in [0.15, 0.2) is 47.6 Å². The summed E-state index contributed by atoms with van der Waals surface area (Å²) >= 11 is 0. The number of rotatable bonds is 11. The summed E-state index contributed by atoms with van der Waals surface area (Å²) in [5.74, 6) is -2.03. The number of benzene rings is 2. The smallest absolute Gasteiger partial charge is 0.326 e. The summed E-state index contributed by atoms with van der Waals surface area (Å²) in [6, 6.07) is 9.73. The molecule has 0 aliphatic heterocycles. The number of hydrogen-bond acceptors (Lipinski definition) is 4. The molecule has 2 N–H and O–H groups in total. The molecule has 0 saturated heterocycles. The van der Waals surface area contributed by atoms with Crippen LogP contribution in [0.3, 0.4) is 0 Å². The second-order valence-electron chi connectivity index (χ2n) is 7.06. The first-order valence-corrected chi connectivity index (χ1v) is 10.3. The molecule has 0 unspecified atom stereocenters. The Balaban J connectivity index is 1.71. The van der Waals surface area contributed by atoms with Crippen LogP contribution in [0, 0.1) is 11.6 Å². The molecular formula is C23H27F2N3O3. The molecule has 0 spiro atoms. The molecule has 2 rings (SSSR count). The second kappa shape index (κ2) is 13.1. The van der Waals surface area contributed by atoms with Crippen LogP contribution in [0.5, 0.6) is 0 Å². The Labute approximate surface area is 180 Å². The fourth-order valence-corrected chi connectivity index (χ4v) is 2.79. The third kappa shape index (κ3) is 9.37. The predicted molar refractivity (Wildman–Crippen MR) is 117 cm³/mol. The normalized spacial score (nSPS) is 10.8. The van der Waals surface area contributed by atoms with Crippen molar-refractivity contribution in [2.24, 2.45) is 5.16 Å². The molecule has 2 aromatic carbocycles. The maximum absolute atomic E-state index is 13.1. The number of oxime groups is 1. The molecule has 0 fully saturated rings. The van der Waals surface area contributed by atoms with Crippen molar-refractivity contribution in [3.05, 3.63) is 59.7 Å². The summed E-state index contributed by atoms with van der Waals surface area (Å²) in [4.78, 5) is 28.4. The monoisotopic (exact) mass is 431 g/mol. The highest BCUT2D eigenvalue weighted by atomic mass is 19.2. The molecule has 31 heavy (non-hydrogen) atoms. The first-order chi connectivity index (χ1) is 15.0. The lowest BCUT2D eigenvalue weighted by Crippen LogP contribution is -2.12. The van der Waals surface area contributed by atoms with Gasteiger partial charge < -0.3 is 5.32 Å². The van der Waals surface area contributed by atoms with Crippen molar-refractivity contribution in [3.8, 4) is 0 Å². The Kier molecular flexibility index (Phi) is 10.1. The van der Waals surface area contributed by atoms with E-state index in [0.717, 1.165) is 37.6 Å². The Morgan fingerprint density at radius 1 is 0.903 bits per heavy atom. The second-order valence-corrected chi connectivity index (χ2v) is 7.06. The predicted octanol–water partition coefficient (Wildman–Crippen LogP) is 6.24. The van der Waals surface area contributed by atoms with Gasteiger partial charge in [0, 0.05) is 17.8 Å². The average Bonchev–Trinajstić information content (AvgIpc) is 2.74. The summed E-state index contributed by atoms with van der Waals surface area (Å²) in [6.07, 6.45) is 7.45. The Morgan fingerprint density at radius 3 is 2.23 bits per heavy atom. The van der Waals surface area contributed by atoms with Crippen LogP contribution in [0.2, 0.25) is 0 Å². The molecule has 0 atom stereocenters. The van der Waals surface area contributed by atoms with E-state index in [9.17, 15) is 18.4 Å². The van der Waals surface area contributed by atoms with Gasteiger partial charge >= 0.3 is 6.09 Å². The minimum absolute atomic E-state index is 0.0397. The lowest BCUT2D eigenvalue weighted by Gasteiger charge is -2.07. The van der Waals surface area contributed by atoms with E-state index in [1.54, 1.807) is 24.3 Å². The number of halogens is 2. The molecule has 0 bridgehead atoms. The molecular weight excluding hydrogens is 404 g/mol. The minimum Gasteiger partial charge on any atom is -0.326 e. The van der Waals surface area contributed by atoms with Crippen LogP contribution in [-0.2, 0) is 9.63 Å². The highest BCUT2D eigenvalue weighted by Crippen LogP contribution is 2.15. The van der Waals surface area contributed by atoms with Crippen LogP contribution in [0.25, 0.3) is 0 Å². The Bertz CT molecular complexity index is 886. The molecule has 6 nitrogen and oxygen atoms in total. The van der Waals surface area contributed by atoms with Crippen LogP contribution >= 0.6 is 0 Å². The number of nitrogens with one attached hydrogen (secondary N) is 2. The average molecular weight is 431 g/mol. The summed E-state index contributed by atoms with van der Waals surface area (Å²) in [5, 5.41) is 8.72. The summed E-state index contributed by atoms with van der Waals surface area (Å²) in [5.41, 5.74) is 1.32. The van der Waals surface area contributed by atoms with Crippen molar-refractivity contribution in [2.75, 3.05) is 10.6 Å². The zero-order chi connectivity index (χ0) is 22.5. The van der Waals surface area contributed by atoms with E-state index in [4.69, 9.17) is 0 Å². The van der Waals surface area contributed by atoms with Crippen molar-refractivity contribution in [3.63, 3.8) is 0 Å². The number of amides is 2. The van der Waals surface area contributed by atoms with Gasteiger partial charge in [-0.2, -0.15) is 0 Å². The quantitative estimate of drug-likeness (QED) is 0.191. The molecule has 166 valence electrons. The molecule has 0 saturated carbocycles. The zero-order valence-corrected chi connectivity index (χ0v) is 17.5. The van der Waals surface area contributed by atoms with Gasteiger partial charge in [0.2, 0.25) is 5.91 Å². The van der Waals surface area contributed by atoms with Crippen molar-refractivity contribution in [1.82, 2.24) is 0 Å². The third-order valence-electron chi connectivity index (χ3n) is 4.45. The summed E-state index contributed by atoms with van der Waals surface area (Å²) < 4.78 is 26.0. The maximum Gasteiger partial charge on any atom is 0.437 e. The van der Waals surface area contributed by atoms with Gasteiger partial charge in [-0.15, -0.1) is 0 Å². The van der Waals surface area contributed by atoms with E-state index in [2.05, 4.69) is 27.6 Å².